The molecule has 1 N–H and O–H groups in total. The number of aliphatic hydroxyl groups excluding tert-OH is 1. The number of rotatable bonds is 1. The quantitative estimate of drug-likeness (QED) is 0.318. The molecule has 1 spiro atoms. The third kappa shape index (κ3) is 5.58. The highest BCUT2D eigenvalue weighted by Crippen LogP contribution is 2.45. The van der Waals surface area contributed by atoms with Crippen LogP contribution in [-0.4, -0.2) is 49.2 Å². The number of anilines is 1. The zero-order chi connectivity index (χ0) is 26.7. The third-order valence-corrected chi connectivity index (χ3v) is 8.77. The van der Waals surface area contributed by atoms with Crippen molar-refractivity contribution >= 4 is 23.2 Å². The van der Waals surface area contributed by atoms with Gasteiger partial charge in [0.25, 0.3) is 0 Å². The molecule has 2 bridgehead atoms. The minimum Gasteiger partial charge on any atom is -0.512 e. The highest BCUT2D eigenvalue weighted by molar-refractivity contribution is 6.30. The van der Waals surface area contributed by atoms with E-state index in [1.807, 2.05) is 25.2 Å². The zero-order valence-electron chi connectivity index (χ0n) is 22.4. The van der Waals surface area contributed by atoms with Crippen LogP contribution in [0.15, 0.2) is 60.9 Å². The number of halogens is 1. The first-order valence-corrected chi connectivity index (χ1v) is 14.3. The predicted octanol–water partition coefficient (Wildman–Crippen LogP) is 6.95. The van der Waals surface area contributed by atoms with Gasteiger partial charge in [-0.3, -0.25) is 4.79 Å². The van der Waals surface area contributed by atoms with Crippen LogP contribution < -0.4 is 9.64 Å². The number of hydrogen-bond acceptors (Lipinski definition) is 4. The van der Waals surface area contributed by atoms with E-state index in [2.05, 4.69) is 41.8 Å². The summed E-state index contributed by atoms with van der Waals surface area (Å²) >= 11 is 6.38. The summed E-state index contributed by atoms with van der Waals surface area (Å²) in [7, 11) is 1.84. The number of carbonyl (C=O) groups excluding carboxylic acids is 1. The molecule has 2 aliphatic heterocycles. The number of ether oxygens (including phenoxy) is 1. The van der Waals surface area contributed by atoms with Gasteiger partial charge in [-0.05, 0) is 85.9 Å². The second-order valence-electron chi connectivity index (χ2n) is 11.2. The molecule has 202 valence electrons. The van der Waals surface area contributed by atoms with E-state index in [-0.39, 0.29) is 23.0 Å². The van der Waals surface area contributed by atoms with E-state index in [9.17, 15) is 9.90 Å². The number of amides is 1. The van der Waals surface area contributed by atoms with E-state index in [4.69, 9.17) is 16.3 Å². The van der Waals surface area contributed by atoms with Crippen molar-refractivity contribution in [3.63, 3.8) is 0 Å². The lowest BCUT2D eigenvalue weighted by Crippen LogP contribution is -2.46. The molecular formula is C32H39ClN2O3. The molecule has 38 heavy (non-hydrogen) atoms. The van der Waals surface area contributed by atoms with Gasteiger partial charge in [-0.2, -0.15) is 0 Å². The van der Waals surface area contributed by atoms with Gasteiger partial charge in [0.15, 0.2) is 0 Å². The first-order valence-electron chi connectivity index (χ1n) is 13.9. The number of carbonyl (C=O) groups is 1. The lowest BCUT2D eigenvalue weighted by molar-refractivity contribution is -0.129. The van der Waals surface area contributed by atoms with E-state index >= 15 is 0 Å². The van der Waals surface area contributed by atoms with E-state index in [0.29, 0.717) is 26.0 Å². The maximum absolute atomic E-state index is 12.7. The molecule has 5 nitrogen and oxygen atoms in total. The smallest absolute Gasteiger partial charge is 0.222 e. The zero-order valence-corrected chi connectivity index (χ0v) is 23.2. The van der Waals surface area contributed by atoms with Crippen molar-refractivity contribution < 1.29 is 14.6 Å². The second kappa shape index (κ2) is 11.4. The fraction of sp³-hybridized carbons (Fsp3) is 0.469. The topological polar surface area (TPSA) is 53.0 Å². The van der Waals surface area contributed by atoms with Crippen molar-refractivity contribution in [2.75, 3.05) is 38.2 Å². The number of aryl methyl sites for hydroxylation is 1. The van der Waals surface area contributed by atoms with Gasteiger partial charge in [0.05, 0.1) is 18.1 Å². The van der Waals surface area contributed by atoms with Gasteiger partial charge in [-0.15, -0.1) is 0 Å². The van der Waals surface area contributed by atoms with Crippen LogP contribution in [0.5, 0.6) is 5.75 Å². The van der Waals surface area contributed by atoms with Crippen LogP contribution in [0.3, 0.4) is 0 Å². The molecule has 0 radical (unpaired) electrons. The molecule has 2 aromatic carbocycles. The minimum absolute atomic E-state index is 0.0747. The Labute approximate surface area is 231 Å². The number of nitrogens with zero attached hydrogens (tertiary/aromatic N) is 2. The van der Waals surface area contributed by atoms with E-state index in [0.717, 1.165) is 73.6 Å². The highest BCUT2D eigenvalue weighted by Gasteiger charge is 2.41. The number of likely N-dealkylation sites (N-methyl/N-ethyl adjacent to an activating group) is 1. The van der Waals surface area contributed by atoms with Crippen molar-refractivity contribution in [1.29, 1.82) is 0 Å². The molecule has 2 aromatic rings. The van der Waals surface area contributed by atoms with Crippen LogP contribution >= 0.6 is 11.6 Å². The molecule has 0 aromatic heterocycles. The predicted molar refractivity (Wildman–Crippen MR) is 155 cm³/mol. The van der Waals surface area contributed by atoms with Crippen LogP contribution in [0.25, 0.3) is 0 Å². The monoisotopic (exact) mass is 534 g/mol. The van der Waals surface area contributed by atoms with Crippen LogP contribution in [0.2, 0.25) is 5.02 Å². The molecule has 0 unspecified atom stereocenters. The summed E-state index contributed by atoms with van der Waals surface area (Å²) in [6.07, 6.45) is 11.5. The summed E-state index contributed by atoms with van der Waals surface area (Å²) < 4.78 is 6.59. The van der Waals surface area contributed by atoms with Gasteiger partial charge in [-0.25, -0.2) is 0 Å². The largest absolute Gasteiger partial charge is 0.512 e. The van der Waals surface area contributed by atoms with Gasteiger partial charge in [0.1, 0.15) is 5.75 Å². The van der Waals surface area contributed by atoms with Gasteiger partial charge >= 0.3 is 0 Å². The first-order chi connectivity index (χ1) is 18.4. The minimum atomic E-state index is -0.308. The van der Waals surface area contributed by atoms with Crippen molar-refractivity contribution in [2.45, 2.75) is 62.7 Å². The molecule has 5 rings (SSSR count). The van der Waals surface area contributed by atoms with Gasteiger partial charge in [-0.1, -0.05) is 42.5 Å². The Balaban J connectivity index is 1.52. The second-order valence-corrected chi connectivity index (χ2v) is 11.6. The number of allylic oxidation sites excluding steroid dienone is 2. The van der Waals surface area contributed by atoms with Crippen molar-refractivity contribution in [1.82, 2.24) is 4.90 Å². The van der Waals surface area contributed by atoms with Gasteiger partial charge in [0, 0.05) is 49.5 Å². The molecular weight excluding hydrogens is 496 g/mol. The summed E-state index contributed by atoms with van der Waals surface area (Å²) in [6, 6.07) is 12.6. The molecule has 2 heterocycles. The Bertz CT molecular complexity index is 1230. The third-order valence-electron chi connectivity index (χ3n) is 8.53. The summed E-state index contributed by atoms with van der Waals surface area (Å²) in [5.74, 6) is 0.742. The fourth-order valence-corrected chi connectivity index (χ4v) is 6.58. The molecule has 1 amide bonds. The van der Waals surface area contributed by atoms with Crippen molar-refractivity contribution in [2.24, 2.45) is 0 Å². The van der Waals surface area contributed by atoms with Crippen molar-refractivity contribution in [3.05, 3.63) is 82.6 Å². The Morgan fingerprint density at radius 3 is 2.84 bits per heavy atom. The standard InChI is InChI=1S/C32H39ClN2O3/c1-23(36)27-12-15-31(37)34(2)17-6-4-3-5-7-18-35-21-32(22-38-30-14-10-24(27)20-29(30)35)16-8-9-25-19-26(33)11-13-28(25)32/h4,6,10-11,13-14,19-20,27,36H,1,3,5,7-9,12,15-18,21-22H2,2H3/b6-4+/t27-,32+/m1/s1. The summed E-state index contributed by atoms with van der Waals surface area (Å²) in [5.41, 5.74) is 4.64. The maximum atomic E-state index is 12.7. The Hall–Kier alpha value is -2.92. The Kier molecular flexibility index (Phi) is 8.04. The molecule has 2 atom stereocenters. The average Bonchev–Trinajstić information content (AvgIpc) is 3.04. The molecule has 0 saturated carbocycles. The molecule has 1 aliphatic carbocycles. The highest BCUT2D eigenvalue weighted by atomic mass is 35.5. The van der Waals surface area contributed by atoms with E-state index < -0.39 is 0 Å². The lowest BCUT2D eigenvalue weighted by Gasteiger charge is -2.41. The number of hydrogen-bond donors (Lipinski definition) is 1. The maximum Gasteiger partial charge on any atom is 0.222 e. The van der Waals surface area contributed by atoms with Gasteiger partial charge < -0.3 is 19.6 Å². The summed E-state index contributed by atoms with van der Waals surface area (Å²) in [6.45, 7) is 6.91. The van der Waals surface area contributed by atoms with Crippen LogP contribution in [0, 0.1) is 0 Å². The summed E-state index contributed by atoms with van der Waals surface area (Å²) in [5, 5.41) is 11.3. The van der Waals surface area contributed by atoms with Gasteiger partial charge in [0.2, 0.25) is 5.91 Å². The molecule has 0 fully saturated rings. The fourth-order valence-electron chi connectivity index (χ4n) is 6.39. The number of benzene rings is 2. The Morgan fingerprint density at radius 1 is 1.13 bits per heavy atom. The molecule has 0 saturated heterocycles. The number of aliphatic hydroxyl groups is 1. The lowest BCUT2D eigenvalue weighted by atomic mass is 9.70. The van der Waals surface area contributed by atoms with Crippen LogP contribution in [-0.2, 0) is 16.6 Å². The normalized spacial score (nSPS) is 25.3. The number of fused-ring (bicyclic) bond motifs is 3. The van der Waals surface area contributed by atoms with Crippen molar-refractivity contribution in [3.8, 4) is 5.75 Å². The summed E-state index contributed by atoms with van der Waals surface area (Å²) in [4.78, 5) is 17.0. The van der Waals surface area contributed by atoms with Crippen LogP contribution in [0.4, 0.5) is 5.69 Å². The average molecular weight is 535 g/mol. The van der Waals surface area contributed by atoms with E-state index in [1.54, 1.807) is 4.90 Å². The molecule has 6 heteroatoms. The van der Waals surface area contributed by atoms with Crippen LogP contribution in [0.1, 0.15) is 67.6 Å². The Morgan fingerprint density at radius 2 is 2.00 bits per heavy atom. The van der Waals surface area contributed by atoms with E-state index in [1.165, 1.54) is 11.1 Å². The molecule has 3 aliphatic rings. The SMILES string of the molecule is C=C(O)[C@H]1CCC(=O)N(C)C/C=C/CCCCN2C[C@@]3(CCCc4cc(Cl)ccc43)COc3ccc1cc32. The first kappa shape index (κ1) is 26.7.